The van der Waals surface area contributed by atoms with Crippen LogP contribution in [0.2, 0.25) is 0 Å². The third-order valence-corrected chi connectivity index (χ3v) is 6.25. The van der Waals surface area contributed by atoms with E-state index in [1.165, 1.54) is 0 Å². The number of hydrogen-bond donors (Lipinski definition) is 0. The summed E-state index contributed by atoms with van der Waals surface area (Å²) in [7, 11) is 0. The fourth-order valence-electron chi connectivity index (χ4n) is 4.66. The number of piperazine rings is 1. The van der Waals surface area contributed by atoms with Crippen LogP contribution in [-0.2, 0) is 16.1 Å². The van der Waals surface area contributed by atoms with Gasteiger partial charge in [0.2, 0.25) is 0 Å². The summed E-state index contributed by atoms with van der Waals surface area (Å²) in [5.74, 6) is 0.603. The Morgan fingerprint density at radius 1 is 1.06 bits per heavy atom. The van der Waals surface area contributed by atoms with Gasteiger partial charge >= 0.3 is 5.97 Å². The fourth-order valence-corrected chi connectivity index (χ4v) is 4.66. The Labute approximate surface area is 183 Å². The van der Waals surface area contributed by atoms with Crippen molar-refractivity contribution in [3.05, 3.63) is 59.5 Å². The largest absolute Gasteiger partial charge is 0.468 e. The third-order valence-electron chi connectivity index (χ3n) is 6.25. The van der Waals surface area contributed by atoms with Gasteiger partial charge in [0.15, 0.2) is 0 Å². The molecule has 7 heteroatoms. The smallest absolute Gasteiger partial charge is 0.311 e. The molecule has 31 heavy (non-hydrogen) atoms. The first kappa shape index (κ1) is 21.6. The van der Waals surface area contributed by atoms with E-state index in [0.29, 0.717) is 39.3 Å². The zero-order valence-electron chi connectivity index (χ0n) is 18.3. The van der Waals surface area contributed by atoms with Crippen molar-refractivity contribution < 1.29 is 18.7 Å². The van der Waals surface area contributed by atoms with Gasteiger partial charge in [0, 0.05) is 50.9 Å². The predicted octanol–water partition coefficient (Wildman–Crippen LogP) is 2.41. The first-order valence-corrected chi connectivity index (χ1v) is 11.1. The van der Waals surface area contributed by atoms with Crippen molar-refractivity contribution in [2.75, 3.05) is 45.9 Å². The quantitative estimate of drug-likeness (QED) is 0.686. The van der Waals surface area contributed by atoms with Gasteiger partial charge in [-0.3, -0.25) is 19.4 Å². The maximum atomic E-state index is 13.2. The molecule has 0 spiro atoms. The number of ether oxygens (including phenoxy) is 1. The van der Waals surface area contributed by atoms with Gasteiger partial charge in [0.05, 0.1) is 25.3 Å². The molecule has 0 radical (unpaired) electrons. The summed E-state index contributed by atoms with van der Waals surface area (Å²) in [6, 6.07) is 11.7. The highest BCUT2D eigenvalue weighted by Crippen LogP contribution is 2.23. The van der Waals surface area contributed by atoms with Crippen molar-refractivity contribution in [1.29, 1.82) is 0 Å². The third kappa shape index (κ3) is 4.99. The van der Waals surface area contributed by atoms with Gasteiger partial charge in [-0.2, -0.15) is 0 Å². The number of benzene rings is 1. The Hall–Kier alpha value is -2.64. The van der Waals surface area contributed by atoms with E-state index in [1.807, 2.05) is 55.1 Å². The minimum absolute atomic E-state index is 0.0847. The summed E-state index contributed by atoms with van der Waals surface area (Å²) in [6.45, 7) is 8.96. The summed E-state index contributed by atoms with van der Waals surface area (Å²) in [6.07, 6.45) is 1.67. The van der Waals surface area contributed by atoms with E-state index >= 15 is 0 Å². The first-order valence-electron chi connectivity index (χ1n) is 11.1. The van der Waals surface area contributed by atoms with Crippen molar-refractivity contribution >= 4 is 11.9 Å². The molecule has 4 rings (SSSR count). The van der Waals surface area contributed by atoms with Crippen LogP contribution >= 0.6 is 0 Å². The molecule has 2 saturated heterocycles. The van der Waals surface area contributed by atoms with E-state index in [4.69, 9.17) is 9.15 Å². The second kappa shape index (κ2) is 9.66. The fraction of sp³-hybridized carbons (Fsp3) is 0.500. The maximum Gasteiger partial charge on any atom is 0.311 e. The van der Waals surface area contributed by atoms with Crippen LogP contribution < -0.4 is 0 Å². The van der Waals surface area contributed by atoms with E-state index in [2.05, 4.69) is 9.80 Å². The average molecular weight is 426 g/mol. The highest BCUT2D eigenvalue weighted by atomic mass is 16.5. The number of fused-ring (bicyclic) bond motifs is 1. The maximum absolute atomic E-state index is 13.2. The topological polar surface area (TPSA) is 66.2 Å². The van der Waals surface area contributed by atoms with Gasteiger partial charge in [-0.15, -0.1) is 0 Å². The molecule has 166 valence electrons. The van der Waals surface area contributed by atoms with Gasteiger partial charge in [-0.1, -0.05) is 18.2 Å². The van der Waals surface area contributed by atoms with E-state index in [9.17, 15) is 9.59 Å². The molecule has 1 amide bonds. The standard InChI is InChI=1S/C24H31N3O4/c1-3-30-24(29)19-13-25(17-21-8-6-12-31-21)15-20-16-27(11-10-26(20)14-19)23(28)22-9-5-4-7-18(22)2/h4-9,12,19-20H,3,10-11,13-17H2,1-2H3/t19-,20-/m0/s1. The molecule has 0 unspecified atom stereocenters. The molecule has 2 aliphatic rings. The second-order valence-corrected chi connectivity index (χ2v) is 8.44. The van der Waals surface area contributed by atoms with Gasteiger partial charge in [-0.05, 0) is 37.6 Å². The van der Waals surface area contributed by atoms with Gasteiger partial charge in [0.25, 0.3) is 5.91 Å². The summed E-state index contributed by atoms with van der Waals surface area (Å²) in [5.41, 5.74) is 1.76. The Kier molecular flexibility index (Phi) is 6.73. The number of aryl methyl sites for hydroxylation is 1. The van der Waals surface area contributed by atoms with Crippen LogP contribution in [0.25, 0.3) is 0 Å². The molecule has 0 aliphatic carbocycles. The number of esters is 1. The Morgan fingerprint density at radius 3 is 2.65 bits per heavy atom. The molecule has 1 aromatic heterocycles. The minimum Gasteiger partial charge on any atom is -0.468 e. The van der Waals surface area contributed by atoms with E-state index in [1.54, 1.807) is 6.26 Å². The van der Waals surface area contributed by atoms with Crippen molar-refractivity contribution in [3.63, 3.8) is 0 Å². The monoisotopic (exact) mass is 425 g/mol. The molecule has 3 heterocycles. The van der Waals surface area contributed by atoms with Crippen LogP contribution in [0.5, 0.6) is 0 Å². The lowest BCUT2D eigenvalue weighted by Gasteiger charge is -2.41. The van der Waals surface area contributed by atoms with E-state index < -0.39 is 0 Å². The van der Waals surface area contributed by atoms with E-state index in [-0.39, 0.29) is 23.8 Å². The zero-order valence-corrected chi connectivity index (χ0v) is 18.3. The number of nitrogens with zero attached hydrogens (tertiary/aromatic N) is 3. The van der Waals surface area contributed by atoms with Gasteiger partial charge in [0.1, 0.15) is 5.76 Å². The van der Waals surface area contributed by atoms with Crippen LogP contribution in [0.4, 0.5) is 0 Å². The Balaban J connectivity index is 1.51. The van der Waals surface area contributed by atoms with Crippen LogP contribution in [-0.4, -0.2) is 78.5 Å². The predicted molar refractivity (Wildman–Crippen MR) is 117 cm³/mol. The number of hydrogen-bond acceptors (Lipinski definition) is 6. The number of rotatable bonds is 5. The highest BCUT2D eigenvalue weighted by molar-refractivity contribution is 5.95. The lowest BCUT2D eigenvalue weighted by Crippen LogP contribution is -2.57. The molecular weight excluding hydrogens is 394 g/mol. The molecule has 7 nitrogen and oxygen atoms in total. The lowest BCUT2D eigenvalue weighted by atomic mass is 10.1. The first-order chi connectivity index (χ1) is 15.0. The van der Waals surface area contributed by atoms with Crippen LogP contribution in [0.3, 0.4) is 0 Å². The van der Waals surface area contributed by atoms with E-state index in [0.717, 1.165) is 30.0 Å². The molecule has 2 fully saturated rings. The second-order valence-electron chi connectivity index (χ2n) is 8.44. The molecule has 0 saturated carbocycles. The minimum atomic E-state index is -0.210. The molecule has 2 atom stereocenters. The number of carbonyl (C=O) groups excluding carboxylic acids is 2. The molecule has 0 N–H and O–H groups in total. The Morgan fingerprint density at radius 2 is 1.90 bits per heavy atom. The SMILES string of the molecule is CCOC(=O)[C@H]1CN(Cc2ccco2)C[C@H]2CN(C(=O)c3ccccc3C)CCN2C1. The molecule has 2 aromatic rings. The molecule has 2 aliphatic heterocycles. The summed E-state index contributed by atoms with van der Waals surface area (Å²) < 4.78 is 10.9. The average Bonchev–Trinajstić information content (AvgIpc) is 3.20. The number of carbonyl (C=O) groups is 2. The number of amides is 1. The van der Waals surface area contributed by atoms with Crippen LogP contribution in [0.1, 0.15) is 28.6 Å². The van der Waals surface area contributed by atoms with Crippen molar-refractivity contribution in [1.82, 2.24) is 14.7 Å². The van der Waals surface area contributed by atoms with Crippen LogP contribution in [0.15, 0.2) is 47.1 Å². The summed E-state index contributed by atoms with van der Waals surface area (Å²) in [5, 5.41) is 0. The summed E-state index contributed by atoms with van der Waals surface area (Å²) in [4.78, 5) is 32.4. The molecule has 1 aromatic carbocycles. The zero-order chi connectivity index (χ0) is 21.8. The number of furan rings is 1. The van der Waals surface area contributed by atoms with Crippen molar-refractivity contribution in [3.8, 4) is 0 Å². The van der Waals surface area contributed by atoms with Crippen LogP contribution in [0, 0.1) is 12.8 Å². The van der Waals surface area contributed by atoms with Crippen molar-refractivity contribution in [2.45, 2.75) is 26.4 Å². The molecule has 0 bridgehead atoms. The highest BCUT2D eigenvalue weighted by Gasteiger charge is 2.38. The normalized spacial score (nSPS) is 22.6. The Bertz CT molecular complexity index is 898. The van der Waals surface area contributed by atoms with Crippen molar-refractivity contribution in [2.24, 2.45) is 5.92 Å². The van der Waals surface area contributed by atoms with Gasteiger partial charge < -0.3 is 14.1 Å². The van der Waals surface area contributed by atoms with Gasteiger partial charge in [-0.25, -0.2) is 0 Å². The molecular formula is C24H31N3O4. The summed E-state index contributed by atoms with van der Waals surface area (Å²) >= 11 is 0. The lowest BCUT2D eigenvalue weighted by molar-refractivity contribution is -0.149.